The molecule has 3 heterocycles. The van der Waals surface area contributed by atoms with Gasteiger partial charge >= 0.3 is 0 Å². The van der Waals surface area contributed by atoms with Gasteiger partial charge in [-0.25, -0.2) is 0 Å². The van der Waals surface area contributed by atoms with Crippen LogP contribution in [-0.4, -0.2) is 41.8 Å². The van der Waals surface area contributed by atoms with E-state index in [0.717, 1.165) is 38.2 Å². The highest BCUT2D eigenvalue weighted by Gasteiger charge is 2.32. The average Bonchev–Trinajstić information content (AvgIpc) is 3.04. The molecule has 6 nitrogen and oxygen atoms in total. The number of ketones is 1. The summed E-state index contributed by atoms with van der Waals surface area (Å²) < 4.78 is 11.1. The molecule has 0 aliphatic carbocycles. The fraction of sp³-hybridized carbons (Fsp3) is 0.579. The van der Waals surface area contributed by atoms with E-state index in [4.69, 9.17) is 9.15 Å². The second-order valence-corrected chi connectivity index (χ2v) is 7.55. The Morgan fingerprint density at radius 2 is 2.28 bits per heavy atom. The lowest BCUT2D eigenvalue weighted by molar-refractivity contribution is -0.131. The topological polar surface area (TPSA) is 71.8 Å². The third-order valence-corrected chi connectivity index (χ3v) is 4.62. The monoisotopic (exact) mass is 346 g/mol. The Hall–Kier alpha value is -2.08. The van der Waals surface area contributed by atoms with Crippen LogP contribution in [0, 0.1) is 5.92 Å². The number of carbonyl (C=O) groups is 2. The van der Waals surface area contributed by atoms with Crippen LogP contribution in [0.5, 0.6) is 0 Å². The molecule has 1 aromatic heterocycles. The summed E-state index contributed by atoms with van der Waals surface area (Å²) >= 11 is 0. The summed E-state index contributed by atoms with van der Waals surface area (Å²) in [5, 5.41) is 2.93. The van der Waals surface area contributed by atoms with Crippen LogP contribution >= 0.6 is 0 Å². The number of hydrogen-bond acceptors (Lipinski definition) is 5. The number of piperidine rings is 1. The van der Waals surface area contributed by atoms with Crippen molar-refractivity contribution in [2.45, 2.75) is 45.3 Å². The number of nitrogens with one attached hydrogen (secondary N) is 1. The third-order valence-electron chi connectivity index (χ3n) is 4.62. The van der Waals surface area contributed by atoms with E-state index in [1.165, 1.54) is 6.08 Å². The number of amides is 1. The summed E-state index contributed by atoms with van der Waals surface area (Å²) in [5.74, 6) is 1.12. The Morgan fingerprint density at radius 1 is 1.44 bits per heavy atom. The molecule has 0 bridgehead atoms. The molecule has 136 valence electrons. The predicted molar refractivity (Wildman–Crippen MR) is 92.6 cm³/mol. The van der Waals surface area contributed by atoms with E-state index >= 15 is 0 Å². The standard InChI is InChI=1S/C19H26N2O4/c1-19(2)10-15(22)9-17(25-19)18(23)20-11-14-5-3-7-21(12-14)13-16-6-4-8-24-16/h4,6,8-9,14H,3,5,7,10-13H2,1-2H3,(H,20,23)/t14-/m0/s1. The van der Waals surface area contributed by atoms with Gasteiger partial charge in [0.05, 0.1) is 12.8 Å². The molecular weight excluding hydrogens is 320 g/mol. The number of hydrogen-bond donors (Lipinski definition) is 1. The first kappa shape index (κ1) is 17.7. The summed E-state index contributed by atoms with van der Waals surface area (Å²) in [6, 6.07) is 3.88. The number of allylic oxidation sites excluding steroid dienone is 1. The maximum atomic E-state index is 12.3. The van der Waals surface area contributed by atoms with Crippen molar-refractivity contribution in [3.8, 4) is 0 Å². The minimum Gasteiger partial charge on any atom is -0.482 e. The van der Waals surface area contributed by atoms with Gasteiger partial charge in [0, 0.05) is 25.6 Å². The minimum atomic E-state index is -0.622. The number of nitrogens with zero attached hydrogens (tertiary/aromatic N) is 1. The average molecular weight is 346 g/mol. The highest BCUT2D eigenvalue weighted by Crippen LogP contribution is 2.25. The van der Waals surface area contributed by atoms with Crippen molar-refractivity contribution in [1.82, 2.24) is 10.2 Å². The van der Waals surface area contributed by atoms with Crippen LogP contribution in [0.3, 0.4) is 0 Å². The lowest BCUT2D eigenvalue weighted by Gasteiger charge is -2.33. The number of rotatable bonds is 5. The van der Waals surface area contributed by atoms with Crippen molar-refractivity contribution in [2.24, 2.45) is 5.92 Å². The predicted octanol–water partition coefficient (Wildman–Crippen LogP) is 2.26. The molecule has 1 N–H and O–H groups in total. The van der Waals surface area contributed by atoms with Gasteiger partial charge in [-0.05, 0) is 51.3 Å². The third kappa shape index (κ3) is 4.95. The Morgan fingerprint density at radius 3 is 3.00 bits per heavy atom. The molecule has 6 heteroatoms. The second kappa shape index (κ2) is 7.44. The fourth-order valence-electron chi connectivity index (χ4n) is 3.50. The van der Waals surface area contributed by atoms with Crippen LogP contribution in [0.15, 0.2) is 34.6 Å². The molecule has 1 fully saturated rings. The fourth-order valence-corrected chi connectivity index (χ4v) is 3.50. The first-order chi connectivity index (χ1) is 11.9. The van der Waals surface area contributed by atoms with E-state index in [-0.39, 0.29) is 17.4 Å². The van der Waals surface area contributed by atoms with Crippen molar-refractivity contribution in [2.75, 3.05) is 19.6 Å². The Kier molecular flexibility index (Phi) is 5.27. The molecule has 1 atom stereocenters. The zero-order chi connectivity index (χ0) is 17.9. The molecule has 1 aromatic rings. The van der Waals surface area contributed by atoms with Crippen molar-refractivity contribution in [3.05, 3.63) is 36.0 Å². The maximum absolute atomic E-state index is 12.3. The Labute approximate surface area is 148 Å². The van der Waals surface area contributed by atoms with E-state index in [1.807, 2.05) is 26.0 Å². The summed E-state index contributed by atoms with van der Waals surface area (Å²) in [6.45, 7) is 6.99. The van der Waals surface area contributed by atoms with Gasteiger partial charge < -0.3 is 14.5 Å². The summed E-state index contributed by atoms with van der Waals surface area (Å²) in [6.07, 6.45) is 5.49. The van der Waals surface area contributed by atoms with Crippen molar-refractivity contribution >= 4 is 11.7 Å². The van der Waals surface area contributed by atoms with Crippen LogP contribution < -0.4 is 5.32 Å². The second-order valence-electron chi connectivity index (χ2n) is 7.55. The summed E-state index contributed by atoms with van der Waals surface area (Å²) in [5.41, 5.74) is -0.622. The molecule has 0 spiro atoms. The highest BCUT2D eigenvalue weighted by atomic mass is 16.5. The molecule has 0 radical (unpaired) electrons. The van der Waals surface area contributed by atoms with E-state index in [2.05, 4.69) is 10.2 Å². The SMILES string of the molecule is CC1(C)CC(=O)C=C(C(=O)NC[C@@H]2CCCN(Cc3ccco3)C2)O1. The van der Waals surface area contributed by atoms with Crippen LogP contribution in [0.1, 0.15) is 38.9 Å². The van der Waals surface area contributed by atoms with Gasteiger partial charge in [0.2, 0.25) is 0 Å². The molecule has 0 aromatic carbocycles. The van der Waals surface area contributed by atoms with Crippen LogP contribution in [-0.2, 0) is 20.9 Å². The highest BCUT2D eigenvalue weighted by molar-refractivity contribution is 6.01. The Balaban J connectivity index is 1.49. The van der Waals surface area contributed by atoms with Gasteiger partial charge in [0.15, 0.2) is 11.5 Å². The molecule has 1 amide bonds. The van der Waals surface area contributed by atoms with E-state index in [0.29, 0.717) is 18.9 Å². The van der Waals surface area contributed by atoms with Crippen LogP contribution in [0.2, 0.25) is 0 Å². The number of carbonyl (C=O) groups excluding carboxylic acids is 2. The molecule has 3 rings (SSSR count). The molecule has 2 aliphatic heterocycles. The normalized spacial score (nSPS) is 23.7. The van der Waals surface area contributed by atoms with Crippen LogP contribution in [0.4, 0.5) is 0 Å². The number of furan rings is 1. The first-order valence-electron chi connectivity index (χ1n) is 8.88. The summed E-state index contributed by atoms with van der Waals surface area (Å²) in [4.78, 5) is 26.4. The van der Waals surface area contributed by atoms with Crippen molar-refractivity contribution < 1.29 is 18.7 Å². The first-order valence-corrected chi connectivity index (χ1v) is 8.88. The van der Waals surface area contributed by atoms with Crippen molar-refractivity contribution in [1.29, 1.82) is 0 Å². The van der Waals surface area contributed by atoms with Gasteiger partial charge in [-0.3, -0.25) is 14.5 Å². The lowest BCUT2D eigenvalue weighted by atomic mass is 9.97. The quantitative estimate of drug-likeness (QED) is 0.885. The van der Waals surface area contributed by atoms with Gasteiger partial charge in [-0.1, -0.05) is 0 Å². The lowest BCUT2D eigenvalue weighted by Crippen LogP contribution is -2.42. The van der Waals surface area contributed by atoms with Gasteiger partial charge in [0.25, 0.3) is 5.91 Å². The number of likely N-dealkylation sites (tertiary alicyclic amines) is 1. The van der Waals surface area contributed by atoms with E-state index < -0.39 is 5.60 Å². The Bertz CT molecular complexity index is 648. The molecule has 25 heavy (non-hydrogen) atoms. The molecule has 0 saturated carbocycles. The zero-order valence-electron chi connectivity index (χ0n) is 14.9. The van der Waals surface area contributed by atoms with E-state index in [9.17, 15) is 9.59 Å². The minimum absolute atomic E-state index is 0.0660. The maximum Gasteiger partial charge on any atom is 0.286 e. The van der Waals surface area contributed by atoms with Crippen LogP contribution in [0.25, 0.3) is 0 Å². The van der Waals surface area contributed by atoms with Gasteiger partial charge in [0.1, 0.15) is 11.4 Å². The van der Waals surface area contributed by atoms with Gasteiger partial charge in [-0.15, -0.1) is 0 Å². The van der Waals surface area contributed by atoms with Crippen molar-refractivity contribution in [3.63, 3.8) is 0 Å². The molecule has 2 aliphatic rings. The largest absolute Gasteiger partial charge is 0.482 e. The van der Waals surface area contributed by atoms with E-state index in [1.54, 1.807) is 6.26 Å². The van der Waals surface area contributed by atoms with Gasteiger partial charge in [-0.2, -0.15) is 0 Å². The molecular formula is C19H26N2O4. The molecule has 0 unspecified atom stereocenters. The summed E-state index contributed by atoms with van der Waals surface area (Å²) in [7, 11) is 0. The number of ether oxygens (including phenoxy) is 1. The molecule has 1 saturated heterocycles. The smallest absolute Gasteiger partial charge is 0.286 e. The zero-order valence-corrected chi connectivity index (χ0v) is 14.9.